The maximum Gasteiger partial charge on any atom is 0.200 e. The van der Waals surface area contributed by atoms with Gasteiger partial charge >= 0.3 is 0 Å². The largest absolute Gasteiger partial charge is 0.397 e. The lowest BCUT2D eigenvalue weighted by Crippen LogP contribution is -2.36. The Morgan fingerprint density at radius 1 is 1.19 bits per heavy atom. The number of hydrogen-bond donors (Lipinski definition) is 3. The van der Waals surface area contributed by atoms with Gasteiger partial charge in [0.2, 0.25) is 0 Å². The average molecular weight is 433 g/mol. The lowest BCUT2D eigenvalue weighted by Gasteiger charge is -2.26. The maximum absolute atomic E-state index is 13.7. The van der Waals surface area contributed by atoms with Crippen molar-refractivity contribution < 1.29 is 4.74 Å². The molecule has 0 radical (unpaired) electrons. The van der Waals surface area contributed by atoms with Gasteiger partial charge in [0.05, 0.1) is 52.4 Å². The highest BCUT2D eigenvalue weighted by Gasteiger charge is 2.18. The molecular weight excluding hydrogens is 404 g/mol. The minimum atomic E-state index is -0.0526. The van der Waals surface area contributed by atoms with Crippen LogP contribution in [0.25, 0.3) is 38.9 Å². The highest BCUT2D eigenvalue weighted by atomic mass is 16.5. The van der Waals surface area contributed by atoms with E-state index in [0.717, 1.165) is 74.3 Å². The van der Waals surface area contributed by atoms with Crippen molar-refractivity contribution >= 4 is 50.3 Å². The van der Waals surface area contributed by atoms with Gasteiger partial charge in [-0.25, -0.2) is 0 Å². The molecule has 1 saturated heterocycles. The van der Waals surface area contributed by atoms with Crippen LogP contribution in [0, 0.1) is 0 Å². The number of nitrogens with one attached hydrogen (secondary N) is 2. The standard InChI is InChI=1S/C24H28N6O2/c1-2-30-20-8-7-18-16(15-27-28-18)21(20)24(31)22-19(6-5-17(25)23(22)30)26-9-3-4-10-29-11-13-32-14-12-29/h2,5-8,15,26H,1,3-4,9-14,25H2,(H,27,28). The molecule has 3 heterocycles. The smallest absolute Gasteiger partial charge is 0.200 e. The fraction of sp³-hybridized carbons (Fsp3) is 0.333. The van der Waals surface area contributed by atoms with Crippen LogP contribution in [0.15, 0.2) is 41.8 Å². The topological polar surface area (TPSA) is 101 Å². The zero-order chi connectivity index (χ0) is 22.1. The number of rotatable bonds is 7. The Hall–Kier alpha value is -3.36. The first kappa shape index (κ1) is 20.5. The number of nitrogens with two attached hydrogens (primary N) is 1. The van der Waals surface area contributed by atoms with Gasteiger partial charge in [0, 0.05) is 36.9 Å². The van der Waals surface area contributed by atoms with Gasteiger partial charge < -0.3 is 20.4 Å². The fourth-order valence-electron chi connectivity index (χ4n) is 4.63. The predicted octanol–water partition coefficient (Wildman–Crippen LogP) is 3.24. The van der Waals surface area contributed by atoms with Crippen molar-refractivity contribution in [1.82, 2.24) is 19.7 Å². The van der Waals surface area contributed by atoms with Gasteiger partial charge in [-0.15, -0.1) is 0 Å². The summed E-state index contributed by atoms with van der Waals surface area (Å²) in [4.78, 5) is 16.2. The van der Waals surface area contributed by atoms with Crippen LogP contribution >= 0.6 is 0 Å². The first-order valence-corrected chi connectivity index (χ1v) is 11.1. The normalized spacial score (nSPS) is 15.0. The number of nitrogens with zero attached hydrogens (tertiary/aromatic N) is 3. The summed E-state index contributed by atoms with van der Waals surface area (Å²) >= 11 is 0. The highest BCUT2D eigenvalue weighted by Crippen LogP contribution is 2.32. The molecule has 2 aromatic heterocycles. The van der Waals surface area contributed by atoms with E-state index in [1.54, 1.807) is 12.4 Å². The van der Waals surface area contributed by atoms with E-state index < -0.39 is 0 Å². The van der Waals surface area contributed by atoms with Crippen LogP contribution in [0.1, 0.15) is 12.8 Å². The second-order valence-electron chi connectivity index (χ2n) is 8.19. The van der Waals surface area contributed by atoms with E-state index in [2.05, 4.69) is 27.0 Å². The predicted molar refractivity (Wildman–Crippen MR) is 131 cm³/mol. The molecule has 1 aliphatic heterocycles. The molecule has 0 unspecified atom stereocenters. The van der Waals surface area contributed by atoms with Crippen molar-refractivity contribution in [2.75, 3.05) is 50.4 Å². The van der Waals surface area contributed by atoms with Crippen molar-refractivity contribution in [2.45, 2.75) is 12.8 Å². The lowest BCUT2D eigenvalue weighted by atomic mass is 10.0. The lowest BCUT2D eigenvalue weighted by molar-refractivity contribution is 0.0373. The minimum absolute atomic E-state index is 0.0526. The Labute approximate surface area is 185 Å². The molecule has 5 rings (SSSR count). The molecule has 166 valence electrons. The summed E-state index contributed by atoms with van der Waals surface area (Å²) in [7, 11) is 0. The summed E-state index contributed by atoms with van der Waals surface area (Å²) in [6.07, 6.45) is 5.51. The highest BCUT2D eigenvalue weighted by molar-refractivity contribution is 6.13. The number of morpholine rings is 1. The van der Waals surface area contributed by atoms with E-state index in [0.29, 0.717) is 22.0 Å². The number of fused-ring (bicyclic) bond motifs is 4. The van der Waals surface area contributed by atoms with Gasteiger partial charge in [-0.2, -0.15) is 5.10 Å². The Morgan fingerprint density at radius 2 is 2.03 bits per heavy atom. The van der Waals surface area contributed by atoms with Crippen molar-refractivity contribution in [2.24, 2.45) is 0 Å². The number of anilines is 2. The third-order valence-electron chi connectivity index (χ3n) is 6.27. The number of aromatic nitrogens is 3. The summed E-state index contributed by atoms with van der Waals surface area (Å²) < 4.78 is 7.31. The Balaban J connectivity index is 1.50. The molecule has 8 nitrogen and oxygen atoms in total. The van der Waals surface area contributed by atoms with Gasteiger partial charge in [0.15, 0.2) is 5.43 Å². The maximum atomic E-state index is 13.7. The van der Waals surface area contributed by atoms with Gasteiger partial charge in [-0.1, -0.05) is 6.58 Å². The summed E-state index contributed by atoms with van der Waals surface area (Å²) in [5, 5.41) is 12.6. The second kappa shape index (κ2) is 8.64. The zero-order valence-electron chi connectivity index (χ0n) is 18.1. The van der Waals surface area contributed by atoms with E-state index in [-0.39, 0.29) is 5.43 Å². The van der Waals surface area contributed by atoms with Crippen molar-refractivity contribution in [3.05, 3.63) is 47.3 Å². The Kier molecular flexibility index (Phi) is 5.55. The number of benzene rings is 2. The molecule has 0 aliphatic carbocycles. The molecule has 8 heteroatoms. The molecular formula is C24H28N6O2. The molecule has 0 bridgehead atoms. The summed E-state index contributed by atoms with van der Waals surface area (Å²) in [6, 6.07) is 7.57. The molecule has 1 fully saturated rings. The second-order valence-corrected chi connectivity index (χ2v) is 8.19. The third kappa shape index (κ3) is 3.51. The van der Waals surface area contributed by atoms with Crippen LogP contribution < -0.4 is 16.5 Å². The molecule has 0 amide bonds. The minimum Gasteiger partial charge on any atom is -0.397 e. The first-order chi connectivity index (χ1) is 15.7. The van der Waals surface area contributed by atoms with Crippen molar-refractivity contribution in [3.63, 3.8) is 0 Å². The number of nitrogen functional groups attached to an aromatic ring is 1. The number of unbranched alkanes of at least 4 members (excludes halogenated alkanes) is 1. The van der Waals surface area contributed by atoms with E-state index in [9.17, 15) is 4.79 Å². The van der Waals surface area contributed by atoms with E-state index in [1.165, 1.54) is 0 Å². The molecule has 4 N–H and O–H groups in total. The van der Waals surface area contributed by atoms with Gasteiger partial charge in [-0.3, -0.25) is 14.8 Å². The Bertz CT molecular complexity index is 1350. The van der Waals surface area contributed by atoms with Gasteiger partial charge in [0.25, 0.3) is 0 Å². The average Bonchev–Trinajstić information content (AvgIpc) is 3.30. The van der Waals surface area contributed by atoms with Crippen molar-refractivity contribution in [3.8, 4) is 0 Å². The third-order valence-corrected chi connectivity index (χ3v) is 6.27. The number of ether oxygens (including phenoxy) is 1. The van der Waals surface area contributed by atoms with Crippen LogP contribution in [-0.2, 0) is 4.74 Å². The zero-order valence-corrected chi connectivity index (χ0v) is 18.1. The molecule has 0 saturated carbocycles. The number of aromatic amines is 1. The van der Waals surface area contributed by atoms with Gasteiger partial charge in [-0.05, 0) is 43.7 Å². The molecule has 0 atom stereocenters. The SMILES string of the molecule is C=Cn1c2ccc3[nH]ncc3c2c(=O)c2c(NCCCCN3CCOCC3)ccc(N)c21. The Morgan fingerprint density at radius 3 is 2.84 bits per heavy atom. The van der Waals surface area contributed by atoms with Crippen LogP contribution in [0.3, 0.4) is 0 Å². The first-order valence-electron chi connectivity index (χ1n) is 11.1. The van der Waals surface area contributed by atoms with E-state index in [1.807, 2.05) is 28.8 Å². The molecule has 0 spiro atoms. The van der Waals surface area contributed by atoms with Crippen LogP contribution in [0.2, 0.25) is 0 Å². The summed E-state index contributed by atoms with van der Waals surface area (Å²) in [5.41, 5.74) is 9.90. The van der Waals surface area contributed by atoms with E-state index in [4.69, 9.17) is 10.5 Å². The monoisotopic (exact) mass is 432 g/mol. The molecule has 32 heavy (non-hydrogen) atoms. The molecule has 4 aromatic rings. The summed E-state index contributed by atoms with van der Waals surface area (Å²) in [5.74, 6) is 0. The number of hydrogen-bond acceptors (Lipinski definition) is 6. The molecule has 1 aliphatic rings. The van der Waals surface area contributed by atoms with Crippen molar-refractivity contribution in [1.29, 1.82) is 0 Å². The molecule has 2 aromatic carbocycles. The van der Waals surface area contributed by atoms with Gasteiger partial charge in [0.1, 0.15) is 0 Å². The summed E-state index contributed by atoms with van der Waals surface area (Å²) in [6.45, 7) is 9.49. The fourth-order valence-corrected chi connectivity index (χ4v) is 4.63. The quantitative estimate of drug-likeness (QED) is 0.235. The van der Waals surface area contributed by atoms with Crippen LogP contribution in [0.4, 0.5) is 11.4 Å². The van der Waals surface area contributed by atoms with Crippen LogP contribution in [0.5, 0.6) is 0 Å². The number of H-pyrrole nitrogens is 1. The van der Waals surface area contributed by atoms with Crippen LogP contribution in [-0.4, -0.2) is 59.1 Å². The number of pyridine rings is 1. The van der Waals surface area contributed by atoms with E-state index >= 15 is 0 Å².